The Morgan fingerprint density at radius 1 is 1.26 bits per heavy atom. The van der Waals surface area contributed by atoms with Crippen molar-refractivity contribution in [2.24, 2.45) is 11.7 Å². The minimum Gasteiger partial charge on any atom is -0.330 e. The molecule has 0 radical (unpaired) electrons. The molecule has 2 N–H and O–H groups in total. The molecule has 106 valence electrons. The predicted octanol–water partition coefficient (Wildman–Crippen LogP) is 4.26. The molecular weight excluding hydrogens is 281 g/mol. The number of hydrogen-bond donors (Lipinski definition) is 1. The smallest absolute Gasteiger partial charge is 0.137 e. The molecule has 0 aliphatic heterocycles. The van der Waals surface area contributed by atoms with E-state index in [0.29, 0.717) is 35.3 Å². The number of carbonyl (C=O) groups is 1. The van der Waals surface area contributed by atoms with E-state index in [1.807, 2.05) is 0 Å². The van der Waals surface area contributed by atoms with Gasteiger partial charge in [-0.3, -0.25) is 4.79 Å². The third kappa shape index (κ3) is 5.52. The lowest BCUT2D eigenvalue weighted by Crippen LogP contribution is -2.11. The number of halogens is 2. The Morgan fingerprint density at radius 2 is 1.89 bits per heavy atom. The number of benzene rings is 1. The molecule has 0 heterocycles. The van der Waals surface area contributed by atoms with Gasteiger partial charge in [-0.2, -0.15) is 0 Å². The lowest BCUT2D eigenvalue weighted by Gasteiger charge is -2.13. The van der Waals surface area contributed by atoms with E-state index in [9.17, 15) is 4.79 Å². The molecule has 1 aromatic rings. The first-order valence-electron chi connectivity index (χ1n) is 6.73. The van der Waals surface area contributed by atoms with Crippen molar-refractivity contribution in [3.63, 3.8) is 0 Å². The van der Waals surface area contributed by atoms with Gasteiger partial charge < -0.3 is 5.73 Å². The summed E-state index contributed by atoms with van der Waals surface area (Å²) >= 11 is 12.1. The van der Waals surface area contributed by atoms with Crippen LogP contribution in [-0.4, -0.2) is 12.3 Å². The lowest BCUT2D eigenvalue weighted by atomic mass is 9.94. The summed E-state index contributed by atoms with van der Waals surface area (Å²) in [6, 6.07) is 5.31. The zero-order valence-electron chi connectivity index (χ0n) is 11.3. The summed E-state index contributed by atoms with van der Waals surface area (Å²) in [7, 11) is 0. The largest absolute Gasteiger partial charge is 0.330 e. The number of ketones is 1. The summed E-state index contributed by atoms with van der Waals surface area (Å²) in [4.78, 5) is 12.0. The molecule has 0 aliphatic carbocycles. The van der Waals surface area contributed by atoms with Crippen LogP contribution in [0.15, 0.2) is 18.2 Å². The van der Waals surface area contributed by atoms with E-state index in [-0.39, 0.29) is 5.78 Å². The number of carbonyl (C=O) groups excluding carboxylic acids is 1. The van der Waals surface area contributed by atoms with Crippen molar-refractivity contribution >= 4 is 29.0 Å². The molecule has 0 aliphatic rings. The van der Waals surface area contributed by atoms with Gasteiger partial charge in [0.25, 0.3) is 0 Å². The van der Waals surface area contributed by atoms with Gasteiger partial charge in [0.05, 0.1) is 0 Å². The molecule has 4 heteroatoms. The van der Waals surface area contributed by atoms with E-state index in [2.05, 4.69) is 6.92 Å². The van der Waals surface area contributed by atoms with Crippen LogP contribution < -0.4 is 5.73 Å². The fourth-order valence-electron chi connectivity index (χ4n) is 2.14. The van der Waals surface area contributed by atoms with E-state index < -0.39 is 0 Å². The van der Waals surface area contributed by atoms with Gasteiger partial charge in [0.15, 0.2) is 0 Å². The summed E-state index contributed by atoms with van der Waals surface area (Å²) in [6.45, 7) is 2.82. The van der Waals surface area contributed by atoms with Crippen LogP contribution in [0.1, 0.15) is 38.2 Å². The van der Waals surface area contributed by atoms with Crippen molar-refractivity contribution in [2.45, 2.75) is 39.0 Å². The third-order valence-corrected chi connectivity index (χ3v) is 4.13. The van der Waals surface area contributed by atoms with E-state index in [1.165, 1.54) is 0 Å². The Balaban J connectivity index is 2.51. The van der Waals surface area contributed by atoms with Crippen molar-refractivity contribution in [2.75, 3.05) is 6.54 Å². The summed E-state index contributed by atoms with van der Waals surface area (Å²) < 4.78 is 0. The maximum atomic E-state index is 12.0. The van der Waals surface area contributed by atoms with Crippen LogP contribution in [0, 0.1) is 5.92 Å². The summed E-state index contributed by atoms with van der Waals surface area (Å²) in [6.07, 6.45) is 3.83. The van der Waals surface area contributed by atoms with E-state index in [0.717, 1.165) is 24.8 Å². The van der Waals surface area contributed by atoms with Gasteiger partial charge in [-0.05, 0) is 43.0 Å². The highest BCUT2D eigenvalue weighted by atomic mass is 35.5. The van der Waals surface area contributed by atoms with Gasteiger partial charge in [-0.15, -0.1) is 0 Å². The Labute approximate surface area is 125 Å². The number of rotatable bonds is 8. The van der Waals surface area contributed by atoms with E-state index in [1.54, 1.807) is 18.2 Å². The monoisotopic (exact) mass is 301 g/mol. The number of nitrogens with two attached hydrogens (primary N) is 1. The van der Waals surface area contributed by atoms with Gasteiger partial charge in [0.2, 0.25) is 0 Å². The molecular formula is C15H21Cl2NO. The molecule has 19 heavy (non-hydrogen) atoms. The summed E-state index contributed by atoms with van der Waals surface area (Å²) in [5.41, 5.74) is 6.29. The van der Waals surface area contributed by atoms with Crippen molar-refractivity contribution in [1.29, 1.82) is 0 Å². The second-order valence-electron chi connectivity index (χ2n) is 4.81. The van der Waals surface area contributed by atoms with Crippen LogP contribution in [-0.2, 0) is 11.2 Å². The molecule has 2 nitrogen and oxygen atoms in total. The van der Waals surface area contributed by atoms with Gasteiger partial charge in [-0.1, -0.05) is 42.6 Å². The van der Waals surface area contributed by atoms with Crippen molar-refractivity contribution < 1.29 is 4.79 Å². The average Bonchev–Trinajstić information content (AvgIpc) is 2.39. The molecule has 1 rings (SSSR count). The highest BCUT2D eigenvalue weighted by Gasteiger charge is 2.13. The van der Waals surface area contributed by atoms with Crippen LogP contribution in [0.25, 0.3) is 0 Å². The second-order valence-corrected chi connectivity index (χ2v) is 5.62. The maximum Gasteiger partial charge on any atom is 0.137 e. The molecule has 0 saturated heterocycles. The number of hydrogen-bond acceptors (Lipinski definition) is 2. The molecule has 0 aromatic heterocycles. The van der Waals surface area contributed by atoms with Crippen molar-refractivity contribution in [3.8, 4) is 0 Å². The summed E-state index contributed by atoms with van der Waals surface area (Å²) in [5.74, 6) is 0.723. The van der Waals surface area contributed by atoms with Crippen molar-refractivity contribution in [1.82, 2.24) is 0 Å². The quantitative estimate of drug-likeness (QED) is 0.779. The molecule has 0 bridgehead atoms. The molecule has 0 fully saturated rings. The minimum absolute atomic E-state index is 0.186. The second kappa shape index (κ2) is 8.57. The van der Waals surface area contributed by atoms with Crippen LogP contribution in [0.5, 0.6) is 0 Å². The minimum atomic E-state index is 0.186. The van der Waals surface area contributed by atoms with Gasteiger partial charge in [-0.25, -0.2) is 0 Å². The van der Waals surface area contributed by atoms with Gasteiger partial charge >= 0.3 is 0 Å². The topological polar surface area (TPSA) is 43.1 Å². The first-order chi connectivity index (χ1) is 9.08. The molecule has 1 atom stereocenters. The average molecular weight is 302 g/mol. The van der Waals surface area contributed by atoms with Gasteiger partial charge in [0, 0.05) is 22.9 Å². The maximum absolute atomic E-state index is 12.0. The molecule has 0 saturated carbocycles. The van der Waals surface area contributed by atoms with Crippen molar-refractivity contribution in [3.05, 3.63) is 33.8 Å². The highest BCUT2D eigenvalue weighted by molar-refractivity contribution is 6.36. The first-order valence-corrected chi connectivity index (χ1v) is 7.48. The fraction of sp³-hybridized carbons (Fsp3) is 0.533. The standard InChI is InChI=1S/C15H21Cl2NO/c1-2-11(8-9-18)6-7-12(19)10-13-14(16)4-3-5-15(13)17/h3-5,11H,2,6-10,18H2,1H3. The molecule has 1 aromatic carbocycles. The first kappa shape index (κ1) is 16.5. The normalized spacial score (nSPS) is 12.4. The molecule has 1 unspecified atom stereocenters. The van der Waals surface area contributed by atoms with Crippen LogP contribution >= 0.6 is 23.2 Å². The van der Waals surface area contributed by atoms with Crippen LogP contribution in [0.3, 0.4) is 0 Å². The van der Waals surface area contributed by atoms with E-state index >= 15 is 0 Å². The molecule has 0 amide bonds. The fourth-order valence-corrected chi connectivity index (χ4v) is 2.67. The zero-order chi connectivity index (χ0) is 14.3. The SMILES string of the molecule is CCC(CCN)CCC(=O)Cc1c(Cl)cccc1Cl. The zero-order valence-corrected chi connectivity index (χ0v) is 12.8. The van der Waals surface area contributed by atoms with Crippen LogP contribution in [0.2, 0.25) is 10.0 Å². The van der Waals surface area contributed by atoms with Gasteiger partial charge in [0.1, 0.15) is 5.78 Å². The highest BCUT2D eigenvalue weighted by Crippen LogP contribution is 2.25. The predicted molar refractivity (Wildman–Crippen MR) is 81.9 cm³/mol. The Hall–Kier alpha value is -0.570. The molecule has 0 spiro atoms. The lowest BCUT2D eigenvalue weighted by molar-refractivity contribution is -0.118. The Morgan fingerprint density at radius 3 is 2.42 bits per heavy atom. The van der Waals surface area contributed by atoms with E-state index in [4.69, 9.17) is 28.9 Å². The Kier molecular flexibility index (Phi) is 7.44. The third-order valence-electron chi connectivity index (χ3n) is 3.42. The number of Topliss-reactive ketones (excluding diaryl/α,β-unsaturated/α-hetero) is 1. The van der Waals surface area contributed by atoms with Crippen LogP contribution in [0.4, 0.5) is 0 Å². The summed E-state index contributed by atoms with van der Waals surface area (Å²) in [5, 5.41) is 1.13. The Bertz CT molecular complexity index is 400.